The van der Waals surface area contributed by atoms with E-state index in [1.165, 1.54) is 0 Å². The largest absolute Gasteiger partial charge is 0.366 e. The van der Waals surface area contributed by atoms with Gasteiger partial charge in [0.25, 0.3) is 0 Å². The van der Waals surface area contributed by atoms with Gasteiger partial charge in [-0.1, -0.05) is 13.8 Å². The Kier molecular flexibility index (Phi) is 1.12. The minimum atomic E-state index is 0.208. The SMILES string of the molecule is CC(C)C1(C)OC1C. The summed E-state index contributed by atoms with van der Waals surface area (Å²) in [7, 11) is 0. The molecule has 1 aliphatic heterocycles. The standard InChI is InChI=1S/C7H14O/c1-5(2)7(4)6(3)8-7/h5-6H,1-4H3. The smallest absolute Gasteiger partial charge is 0.0940 e. The summed E-state index contributed by atoms with van der Waals surface area (Å²) in [5, 5.41) is 0. The first kappa shape index (κ1) is 6.09. The fourth-order valence-electron chi connectivity index (χ4n) is 0.952. The molecule has 0 spiro atoms. The van der Waals surface area contributed by atoms with Gasteiger partial charge >= 0.3 is 0 Å². The van der Waals surface area contributed by atoms with Crippen LogP contribution in [0, 0.1) is 5.92 Å². The molecule has 0 aromatic rings. The molecule has 1 heterocycles. The lowest BCUT2D eigenvalue weighted by Crippen LogP contribution is -2.16. The van der Waals surface area contributed by atoms with Gasteiger partial charge in [-0.2, -0.15) is 0 Å². The third kappa shape index (κ3) is 0.655. The zero-order chi connectivity index (χ0) is 6.36. The second-order valence-electron chi connectivity index (χ2n) is 3.10. The average Bonchev–Trinajstić information content (AvgIpc) is 2.17. The quantitative estimate of drug-likeness (QED) is 0.474. The van der Waals surface area contributed by atoms with Gasteiger partial charge in [-0.25, -0.2) is 0 Å². The monoisotopic (exact) mass is 114 g/mol. The van der Waals surface area contributed by atoms with E-state index >= 15 is 0 Å². The Hall–Kier alpha value is -0.0400. The maximum Gasteiger partial charge on any atom is 0.0940 e. The lowest BCUT2D eigenvalue weighted by atomic mass is 9.95. The predicted octanol–water partition coefficient (Wildman–Crippen LogP) is 1.82. The Morgan fingerprint density at radius 3 is 1.88 bits per heavy atom. The molecule has 0 N–H and O–H groups in total. The summed E-state index contributed by atoms with van der Waals surface area (Å²) in [4.78, 5) is 0. The summed E-state index contributed by atoms with van der Waals surface area (Å²) in [6.07, 6.45) is 0.488. The second-order valence-corrected chi connectivity index (χ2v) is 3.10. The molecule has 2 unspecified atom stereocenters. The highest BCUT2D eigenvalue weighted by Crippen LogP contribution is 2.41. The fraction of sp³-hybridized carbons (Fsp3) is 1.00. The normalized spacial score (nSPS) is 45.4. The van der Waals surface area contributed by atoms with Crippen molar-refractivity contribution in [3.8, 4) is 0 Å². The zero-order valence-corrected chi connectivity index (χ0v) is 6.06. The Morgan fingerprint density at radius 1 is 1.50 bits per heavy atom. The van der Waals surface area contributed by atoms with Crippen LogP contribution in [0.4, 0.5) is 0 Å². The van der Waals surface area contributed by atoms with E-state index in [4.69, 9.17) is 4.74 Å². The van der Waals surface area contributed by atoms with Crippen LogP contribution in [-0.4, -0.2) is 11.7 Å². The molecule has 1 aliphatic rings. The van der Waals surface area contributed by atoms with Gasteiger partial charge < -0.3 is 4.74 Å². The molecule has 0 amide bonds. The molecule has 1 heteroatoms. The summed E-state index contributed by atoms with van der Waals surface area (Å²) < 4.78 is 5.37. The molecule has 0 bridgehead atoms. The van der Waals surface area contributed by atoms with Crippen LogP contribution in [-0.2, 0) is 4.74 Å². The van der Waals surface area contributed by atoms with Gasteiger partial charge in [-0.3, -0.25) is 0 Å². The molecule has 1 saturated heterocycles. The molecule has 0 aromatic heterocycles. The number of epoxide rings is 1. The third-order valence-electron chi connectivity index (χ3n) is 2.33. The van der Waals surface area contributed by atoms with Crippen molar-refractivity contribution in [1.82, 2.24) is 0 Å². The van der Waals surface area contributed by atoms with E-state index in [-0.39, 0.29) is 5.60 Å². The number of hydrogen-bond acceptors (Lipinski definition) is 1. The highest BCUT2D eigenvalue weighted by Gasteiger charge is 2.50. The van der Waals surface area contributed by atoms with Crippen LogP contribution in [0.5, 0.6) is 0 Å². The van der Waals surface area contributed by atoms with E-state index in [0.29, 0.717) is 12.0 Å². The van der Waals surface area contributed by atoms with Gasteiger partial charge in [-0.05, 0) is 19.8 Å². The maximum absolute atomic E-state index is 5.37. The topological polar surface area (TPSA) is 12.5 Å². The van der Waals surface area contributed by atoms with Crippen molar-refractivity contribution in [1.29, 1.82) is 0 Å². The third-order valence-corrected chi connectivity index (χ3v) is 2.33. The summed E-state index contributed by atoms with van der Waals surface area (Å²) in [6, 6.07) is 0. The number of rotatable bonds is 1. The Balaban J connectivity index is 2.47. The van der Waals surface area contributed by atoms with Crippen LogP contribution in [0.1, 0.15) is 27.7 Å². The van der Waals surface area contributed by atoms with Crippen molar-refractivity contribution in [3.05, 3.63) is 0 Å². The van der Waals surface area contributed by atoms with Crippen LogP contribution in [0.15, 0.2) is 0 Å². The van der Waals surface area contributed by atoms with Gasteiger partial charge in [-0.15, -0.1) is 0 Å². The van der Waals surface area contributed by atoms with Gasteiger partial charge in [0.05, 0.1) is 11.7 Å². The van der Waals surface area contributed by atoms with Gasteiger partial charge in [0.1, 0.15) is 0 Å². The van der Waals surface area contributed by atoms with Gasteiger partial charge in [0, 0.05) is 0 Å². The highest BCUT2D eigenvalue weighted by molar-refractivity contribution is 4.98. The predicted molar refractivity (Wildman–Crippen MR) is 33.8 cm³/mol. The molecule has 1 rings (SSSR count). The van der Waals surface area contributed by atoms with Crippen LogP contribution < -0.4 is 0 Å². The van der Waals surface area contributed by atoms with Crippen LogP contribution in [0.3, 0.4) is 0 Å². The van der Waals surface area contributed by atoms with Crippen LogP contribution in [0.25, 0.3) is 0 Å². The summed E-state index contributed by atoms with van der Waals surface area (Å²) in [5.41, 5.74) is 0.208. The van der Waals surface area contributed by atoms with E-state index in [1.54, 1.807) is 0 Å². The fourth-order valence-corrected chi connectivity index (χ4v) is 0.952. The van der Waals surface area contributed by atoms with Crippen molar-refractivity contribution < 1.29 is 4.74 Å². The molecule has 0 radical (unpaired) electrons. The average molecular weight is 114 g/mol. The molecular weight excluding hydrogens is 100 g/mol. The summed E-state index contributed by atoms with van der Waals surface area (Å²) in [5.74, 6) is 0.664. The zero-order valence-electron chi connectivity index (χ0n) is 6.06. The van der Waals surface area contributed by atoms with E-state index in [1.807, 2.05) is 0 Å². The molecule has 2 atom stereocenters. The van der Waals surface area contributed by atoms with E-state index < -0.39 is 0 Å². The minimum Gasteiger partial charge on any atom is -0.366 e. The van der Waals surface area contributed by atoms with Crippen molar-refractivity contribution >= 4 is 0 Å². The Bertz CT molecular complexity index is 98.6. The summed E-state index contributed by atoms with van der Waals surface area (Å²) >= 11 is 0. The van der Waals surface area contributed by atoms with Crippen LogP contribution >= 0.6 is 0 Å². The Labute approximate surface area is 51.0 Å². The molecule has 0 aromatic carbocycles. The number of hydrogen-bond donors (Lipinski definition) is 0. The minimum absolute atomic E-state index is 0.208. The lowest BCUT2D eigenvalue weighted by molar-refractivity contribution is 0.256. The first-order valence-corrected chi connectivity index (χ1v) is 3.25. The molecular formula is C7H14O. The molecule has 1 nitrogen and oxygen atoms in total. The molecule has 1 fully saturated rings. The van der Waals surface area contributed by atoms with Crippen molar-refractivity contribution in [2.24, 2.45) is 5.92 Å². The van der Waals surface area contributed by atoms with E-state index in [2.05, 4.69) is 27.7 Å². The van der Waals surface area contributed by atoms with Crippen molar-refractivity contribution in [2.75, 3.05) is 0 Å². The van der Waals surface area contributed by atoms with Crippen LogP contribution in [0.2, 0.25) is 0 Å². The lowest BCUT2D eigenvalue weighted by Gasteiger charge is -2.07. The first-order valence-electron chi connectivity index (χ1n) is 3.25. The highest BCUT2D eigenvalue weighted by atomic mass is 16.6. The maximum atomic E-state index is 5.37. The van der Waals surface area contributed by atoms with Crippen molar-refractivity contribution in [2.45, 2.75) is 39.4 Å². The molecule has 48 valence electrons. The number of ether oxygens (including phenoxy) is 1. The molecule has 8 heavy (non-hydrogen) atoms. The molecule has 0 aliphatic carbocycles. The van der Waals surface area contributed by atoms with E-state index in [0.717, 1.165) is 0 Å². The second kappa shape index (κ2) is 1.47. The summed E-state index contributed by atoms with van der Waals surface area (Å²) in [6.45, 7) is 8.69. The van der Waals surface area contributed by atoms with Gasteiger partial charge in [0.15, 0.2) is 0 Å². The van der Waals surface area contributed by atoms with E-state index in [9.17, 15) is 0 Å². The van der Waals surface area contributed by atoms with Crippen molar-refractivity contribution in [3.63, 3.8) is 0 Å². The Morgan fingerprint density at radius 2 is 1.88 bits per heavy atom. The molecule has 0 saturated carbocycles. The first-order chi connectivity index (χ1) is 3.57. The van der Waals surface area contributed by atoms with Gasteiger partial charge in [0.2, 0.25) is 0 Å².